The summed E-state index contributed by atoms with van der Waals surface area (Å²) in [6.07, 6.45) is 1.01. The molecule has 2 heterocycles. The van der Waals surface area contributed by atoms with Crippen molar-refractivity contribution in [1.29, 1.82) is 0 Å². The molecule has 0 aliphatic carbocycles. The number of phenols is 1. The van der Waals surface area contributed by atoms with Crippen molar-refractivity contribution in [2.75, 3.05) is 19.6 Å². The maximum atomic E-state index is 12.6. The molecule has 1 spiro atoms. The zero-order valence-corrected chi connectivity index (χ0v) is 13.2. The van der Waals surface area contributed by atoms with Crippen molar-refractivity contribution >= 4 is 11.8 Å². The summed E-state index contributed by atoms with van der Waals surface area (Å²) in [5.74, 6) is -0.252. The SMILES string of the molecule is Cc1ccc(O)c(C(=O)N2CCC3(CC2)C[C@H](O)CNC3=O)c1. The predicted molar refractivity (Wildman–Crippen MR) is 84.0 cm³/mol. The lowest BCUT2D eigenvalue weighted by molar-refractivity contribution is -0.140. The molecule has 3 N–H and O–H groups in total. The molecule has 2 amide bonds. The number of aromatic hydroxyl groups is 1. The first kappa shape index (κ1) is 15.8. The van der Waals surface area contributed by atoms with E-state index in [1.165, 1.54) is 6.07 Å². The number of carbonyl (C=O) groups excluding carboxylic acids is 2. The number of rotatable bonds is 1. The van der Waals surface area contributed by atoms with Crippen LogP contribution in [-0.2, 0) is 4.79 Å². The van der Waals surface area contributed by atoms with Gasteiger partial charge in [-0.25, -0.2) is 0 Å². The van der Waals surface area contributed by atoms with E-state index in [0.717, 1.165) is 5.56 Å². The summed E-state index contributed by atoms with van der Waals surface area (Å²) in [6, 6.07) is 4.96. The van der Waals surface area contributed by atoms with Gasteiger partial charge in [-0.15, -0.1) is 0 Å². The number of hydrogen-bond acceptors (Lipinski definition) is 4. The van der Waals surface area contributed by atoms with Crippen molar-refractivity contribution < 1.29 is 19.8 Å². The minimum Gasteiger partial charge on any atom is -0.507 e. The Morgan fingerprint density at radius 1 is 1.35 bits per heavy atom. The number of carbonyl (C=O) groups is 2. The van der Waals surface area contributed by atoms with E-state index in [0.29, 0.717) is 44.5 Å². The van der Waals surface area contributed by atoms with Gasteiger partial charge in [0.05, 0.1) is 17.1 Å². The second-order valence-corrected chi connectivity index (χ2v) is 6.66. The number of hydrogen-bond donors (Lipinski definition) is 3. The summed E-state index contributed by atoms with van der Waals surface area (Å²) in [4.78, 5) is 26.5. The first-order valence-electron chi connectivity index (χ1n) is 7.96. The average Bonchev–Trinajstić information content (AvgIpc) is 2.54. The Labute approximate surface area is 135 Å². The lowest BCUT2D eigenvalue weighted by atomic mass is 9.71. The van der Waals surface area contributed by atoms with Gasteiger partial charge in [-0.2, -0.15) is 0 Å². The Hall–Kier alpha value is -2.08. The number of aryl methyl sites for hydroxylation is 1. The van der Waals surface area contributed by atoms with E-state index < -0.39 is 11.5 Å². The molecule has 6 heteroatoms. The topological polar surface area (TPSA) is 89.9 Å². The van der Waals surface area contributed by atoms with Crippen LogP contribution in [0.2, 0.25) is 0 Å². The highest BCUT2D eigenvalue weighted by Gasteiger charge is 2.46. The molecule has 0 unspecified atom stereocenters. The molecular weight excluding hydrogens is 296 g/mol. The maximum Gasteiger partial charge on any atom is 0.257 e. The van der Waals surface area contributed by atoms with Gasteiger partial charge >= 0.3 is 0 Å². The molecule has 0 saturated carbocycles. The third kappa shape index (κ3) is 2.91. The Bertz CT molecular complexity index is 635. The van der Waals surface area contributed by atoms with Crippen LogP contribution in [0.4, 0.5) is 0 Å². The second-order valence-electron chi connectivity index (χ2n) is 6.66. The van der Waals surface area contributed by atoms with Crippen molar-refractivity contribution in [1.82, 2.24) is 10.2 Å². The molecule has 3 rings (SSSR count). The van der Waals surface area contributed by atoms with Gasteiger partial charge in [0.15, 0.2) is 0 Å². The highest BCUT2D eigenvalue weighted by molar-refractivity contribution is 5.97. The van der Waals surface area contributed by atoms with Gasteiger partial charge < -0.3 is 20.4 Å². The molecule has 2 fully saturated rings. The molecule has 1 aromatic rings. The number of nitrogens with zero attached hydrogens (tertiary/aromatic N) is 1. The zero-order valence-electron chi connectivity index (χ0n) is 13.2. The molecule has 0 radical (unpaired) electrons. The van der Waals surface area contributed by atoms with Crippen LogP contribution in [0.15, 0.2) is 18.2 Å². The molecule has 124 valence electrons. The smallest absolute Gasteiger partial charge is 0.257 e. The zero-order chi connectivity index (χ0) is 16.6. The van der Waals surface area contributed by atoms with Gasteiger partial charge in [-0.1, -0.05) is 11.6 Å². The van der Waals surface area contributed by atoms with Crippen LogP contribution in [0.25, 0.3) is 0 Å². The fourth-order valence-electron chi connectivity index (χ4n) is 3.57. The van der Waals surface area contributed by atoms with Gasteiger partial charge in [-0.3, -0.25) is 9.59 Å². The van der Waals surface area contributed by atoms with E-state index in [1.807, 2.05) is 6.92 Å². The standard InChI is InChI=1S/C17H22N2O4/c1-11-2-3-14(21)13(8-11)15(22)19-6-4-17(5-7-19)9-12(20)10-18-16(17)23/h2-3,8,12,20-21H,4-7,9-10H2,1H3,(H,18,23)/t12-/m0/s1. The molecule has 1 aromatic carbocycles. The lowest BCUT2D eigenvalue weighted by Gasteiger charge is -2.44. The van der Waals surface area contributed by atoms with Crippen molar-refractivity contribution in [3.05, 3.63) is 29.3 Å². The molecule has 2 saturated heterocycles. The Kier molecular flexibility index (Phi) is 4.02. The van der Waals surface area contributed by atoms with E-state index in [4.69, 9.17) is 0 Å². The van der Waals surface area contributed by atoms with Gasteiger partial charge in [0.25, 0.3) is 5.91 Å². The van der Waals surface area contributed by atoms with Gasteiger partial charge in [-0.05, 0) is 38.3 Å². The Morgan fingerprint density at radius 2 is 2.04 bits per heavy atom. The monoisotopic (exact) mass is 318 g/mol. The van der Waals surface area contributed by atoms with Crippen LogP contribution in [0, 0.1) is 12.3 Å². The predicted octanol–water partition coefficient (Wildman–Crippen LogP) is 0.804. The first-order valence-corrected chi connectivity index (χ1v) is 7.96. The van der Waals surface area contributed by atoms with E-state index in [2.05, 4.69) is 5.32 Å². The number of phenolic OH excluding ortho intramolecular Hbond substituents is 1. The summed E-state index contributed by atoms with van der Waals surface area (Å²) in [6.45, 7) is 3.08. The fraction of sp³-hybridized carbons (Fsp3) is 0.529. The number of benzene rings is 1. The van der Waals surface area contributed by atoms with E-state index in [-0.39, 0.29) is 17.6 Å². The molecule has 1 atom stereocenters. The number of aliphatic hydroxyl groups is 1. The third-order valence-electron chi connectivity index (χ3n) is 5.00. The normalized spacial score (nSPS) is 23.7. The minimum atomic E-state index is -0.566. The lowest BCUT2D eigenvalue weighted by Crippen LogP contribution is -2.56. The average molecular weight is 318 g/mol. The van der Waals surface area contributed by atoms with Crippen LogP contribution in [0.3, 0.4) is 0 Å². The van der Waals surface area contributed by atoms with Crippen LogP contribution in [-0.4, -0.2) is 52.7 Å². The van der Waals surface area contributed by atoms with Gasteiger partial charge in [0.2, 0.25) is 5.91 Å². The Morgan fingerprint density at radius 3 is 2.74 bits per heavy atom. The van der Waals surface area contributed by atoms with E-state index in [9.17, 15) is 19.8 Å². The van der Waals surface area contributed by atoms with Crippen molar-refractivity contribution in [2.45, 2.75) is 32.3 Å². The summed E-state index contributed by atoms with van der Waals surface area (Å²) >= 11 is 0. The number of piperidine rings is 2. The van der Waals surface area contributed by atoms with Crippen molar-refractivity contribution in [3.63, 3.8) is 0 Å². The first-order chi connectivity index (χ1) is 10.9. The summed E-state index contributed by atoms with van der Waals surface area (Å²) in [7, 11) is 0. The van der Waals surface area contributed by atoms with Crippen LogP contribution in [0.5, 0.6) is 5.75 Å². The second kappa shape index (κ2) is 5.85. The summed E-state index contributed by atoms with van der Waals surface area (Å²) < 4.78 is 0. The van der Waals surface area contributed by atoms with Gasteiger partial charge in [0.1, 0.15) is 5.75 Å². The number of likely N-dealkylation sites (tertiary alicyclic amines) is 1. The van der Waals surface area contributed by atoms with Gasteiger partial charge in [0, 0.05) is 19.6 Å². The number of aliphatic hydroxyl groups excluding tert-OH is 1. The fourth-order valence-corrected chi connectivity index (χ4v) is 3.57. The Balaban J connectivity index is 1.72. The van der Waals surface area contributed by atoms with Crippen LogP contribution in [0.1, 0.15) is 35.2 Å². The molecule has 23 heavy (non-hydrogen) atoms. The van der Waals surface area contributed by atoms with E-state index in [1.54, 1.807) is 17.0 Å². The number of β-amino-alcohol motifs (C(OH)–C–C–N with tert-alkyl or cyclic N) is 1. The number of amides is 2. The molecule has 2 aliphatic rings. The summed E-state index contributed by atoms with van der Waals surface area (Å²) in [5.41, 5.74) is 0.645. The van der Waals surface area contributed by atoms with E-state index >= 15 is 0 Å². The molecule has 0 bridgehead atoms. The largest absolute Gasteiger partial charge is 0.507 e. The number of nitrogens with one attached hydrogen (secondary N) is 1. The third-order valence-corrected chi connectivity index (χ3v) is 5.00. The quantitative estimate of drug-likeness (QED) is 0.714. The molecule has 0 aromatic heterocycles. The molecule has 6 nitrogen and oxygen atoms in total. The van der Waals surface area contributed by atoms with Crippen LogP contribution >= 0.6 is 0 Å². The molecular formula is C17H22N2O4. The van der Waals surface area contributed by atoms with Crippen LogP contribution < -0.4 is 5.32 Å². The highest BCUT2D eigenvalue weighted by atomic mass is 16.3. The molecule has 2 aliphatic heterocycles. The van der Waals surface area contributed by atoms with Crippen molar-refractivity contribution in [2.24, 2.45) is 5.41 Å². The summed E-state index contributed by atoms with van der Waals surface area (Å²) in [5, 5.41) is 22.5. The minimum absolute atomic E-state index is 0.0201. The highest BCUT2D eigenvalue weighted by Crippen LogP contribution is 2.39. The van der Waals surface area contributed by atoms with Crippen molar-refractivity contribution in [3.8, 4) is 5.75 Å². The maximum absolute atomic E-state index is 12.6.